The molecule has 2 N–H and O–H groups in total. The molecule has 2 nitrogen and oxygen atoms in total. The highest BCUT2D eigenvalue weighted by Gasteiger charge is 2.00. The molecule has 0 aromatic carbocycles. The summed E-state index contributed by atoms with van der Waals surface area (Å²) in [7, 11) is 0. The molecule has 0 saturated carbocycles. The van der Waals surface area contributed by atoms with Crippen molar-refractivity contribution in [1.29, 1.82) is 0 Å². The molecular weight excluding hydrogens is 136 g/mol. The van der Waals surface area contributed by atoms with Crippen LogP contribution in [0.15, 0.2) is 18.5 Å². The van der Waals surface area contributed by atoms with Gasteiger partial charge in [-0.05, 0) is 25.0 Å². The number of aromatic nitrogens is 1. The quantitative estimate of drug-likeness (QED) is 0.704. The third-order valence-corrected chi connectivity index (χ3v) is 2.11. The van der Waals surface area contributed by atoms with E-state index in [0.717, 1.165) is 0 Å². The lowest BCUT2D eigenvalue weighted by molar-refractivity contribution is 0.532. The summed E-state index contributed by atoms with van der Waals surface area (Å²) in [6.07, 6.45) is 5.38. The van der Waals surface area contributed by atoms with E-state index in [1.54, 1.807) is 0 Å². The van der Waals surface area contributed by atoms with Gasteiger partial charge in [-0.2, -0.15) is 0 Å². The highest BCUT2D eigenvalue weighted by Crippen LogP contribution is 2.11. The Labute approximate surface area is 68.0 Å². The summed E-state index contributed by atoms with van der Waals surface area (Å²) in [6.45, 7) is 5.04. The average molecular weight is 152 g/mol. The fourth-order valence-corrected chi connectivity index (χ4v) is 1.07. The normalized spacial score (nSPS) is 13.4. The summed E-state index contributed by atoms with van der Waals surface area (Å²) in [5, 5.41) is 0. The number of hydrogen-bond acceptors (Lipinski definition) is 1. The fraction of sp³-hybridized carbons (Fsp3) is 0.556. The Morgan fingerprint density at radius 3 is 2.82 bits per heavy atom. The summed E-state index contributed by atoms with van der Waals surface area (Å²) < 4.78 is 2.21. The molecule has 0 aliphatic rings. The zero-order valence-corrected chi connectivity index (χ0v) is 7.25. The molecule has 0 aliphatic carbocycles. The maximum atomic E-state index is 5.49. The zero-order chi connectivity index (χ0) is 8.27. The van der Waals surface area contributed by atoms with Gasteiger partial charge in [-0.15, -0.1) is 0 Å². The van der Waals surface area contributed by atoms with E-state index < -0.39 is 0 Å². The van der Waals surface area contributed by atoms with Gasteiger partial charge >= 0.3 is 0 Å². The molecule has 0 spiro atoms. The van der Waals surface area contributed by atoms with Gasteiger partial charge < -0.3 is 10.3 Å². The van der Waals surface area contributed by atoms with E-state index in [4.69, 9.17) is 5.73 Å². The van der Waals surface area contributed by atoms with Crippen molar-refractivity contribution in [3.05, 3.63) is 24.0 Å². The third-order valence-electron chi connectivity index (χ3n) is 2.11. The SMILES string of the molecule is CC[C@H](C)n1ccc(CN)c1. The maximum absolute atomic E-state index is 5.49. The first-order chi connectivity index (χ1) is 5.27. The predicted molar refractivity (Wildman–Crippen MR) is 47.3 cm³/mol. The van der Waals surface area contributed by atoms with Crippen LogP contribution < -0.4 is 5.73 Å². The molecular formula is C9H16N2. The first kappa shape index (κ1) is 8.34. The van der Waals surface area contributed by atoms with Crippen molar-refractivity contribution in [3.8, 4) is 0 Å². The molecule has 1 aromatic rings. The highest BCUT2D eigenvalue weighted by atomic mass is 15.0. The first-order valence-corrected chi connectivity index (χ1v) is 4.14. The van der Waals surface area contributed by atoms with Gasteiger partial charge in [0.05, 0.1) is 0 Å². The zero-order valence-electron chi connectivity index (χ0n) is 7.25. The van der Waals surface area contributed by atoms with Gasteiger partial charge in [0.15, 0.2) is 0 Å². The lowest BCUT2D eigenvalue weighted by Crippen LogP contribution is -2.00. The van der Waals surface area contributed by atoms with Crippen LogP contribution in [0, 0.1) is 0 Å². The van der Waals surface area contributed by atoms with Gasteiger partial charge in [0.25, 0.3) is 0 Å². The second kappa shape index (κ2) is 3.58. The highest BCUT2D eigenvalue weighted by molar-refractivity contribution is 5.10. The fourth-order valence-electron chi connectivity index (χ4n) is 1.07. The molecule has 0 radical (unpaired) electrons. The molecule has 1 rings (SSSR count). The number of hydrogen-bond donors (Lipinski definition) is 1. The molecule has 0 bridgehead atoms. The van der Waals surface area contributed by atoms with Gasteiger partial charge in [0.1, 0.15) is 0 Å². The Balaban J connectivity index is 2.71. The van der Waals surface area contributed by atoms with Gasteiger partial charge in [0, 0.05) is 25.0 Å². The lowest BCUT2D eigenvalue weighted by Gasteiger charge is -2.09. The molecule has 0 unspecified atom stereocenters. The van der Waals surface area contributed by atoms with Gasteiger partial charge in [0.2, 0.25) is 0 Å². The minimum absolute atomic E-state index is 0.593. The number of nitrogens with zero attached hydrogens (tertiary/aromatic N) is 1. The minimum Gasteiger partial charge on any atom is -0.351 e. The van der Waals surface area contributed by atoms with Crippen molar-refractivity contribution < 1.29 is 0 Å². The molecule has 1 heterocycles. The van der Waals surface area contributed by atoms with Crippen LogP contribution in [0.5, 0.6) is 0 Å². The van der Waals surface area contributed by atoms with Crippen LogP contribution in [0.1, 0.15) is 31.9 Å². The van der Waals surface area contributed by atoms with Crippen molar-refractivity contribution in [1.82, 2.24) is 4.57 Å². The lowest BCUT2D eigenvalue weighted by atomic mass is 10.2. The first-order valence-electron chi connectivity index (χ1n) is 4.14. The summed E-state index contributed by atoms with van der Waals surface area (Å²) in [4.78, 5) is 0. The van der Waals surface area contributed by atoms with Crippen molar-refractivity contribution in [2.24, 2.45) is 5.73 Å². The molecule has 0 amide bonds. The molecule has 1 aromatic heterocycles. The van der Waals surface area contributed by atoms with Crippen molar-refractivity contribution in [3.63, 3.8) is 0 Å². The molecule has 0 fully saturated rings. The van der Waals surface area contributed by atoms with Crippen LogP contribution >= 0.6 is 0 Å². The van der Waals surface area contributed by atoms with Crippen LogP contribution in [-0.2, 0) is 6.54 Å². The van der Waals surface area contributed by atoms with Gasteiger partial charge in [-0.25, -0.2) is 0 Å². The molecule has 2 heteroatoms. The summed E-state index contributed by atoms with van der Waals surface area (Å²) >= 11 is 0. The van der Waals surface area contributed by atoms with Crippen molar-refractivity contribution in [2.45, 2.75) is 32.9 Å². The van der Waals surface area contributed by atoms with E-state index in [1.165, 1.54) is 12.0 Å². The number of rotatable bonds is 3. The Bertz CT molecular complexity index is 215. The third kappa shape index (κ3) is 1.84. The van der Waals surface area contributed by atoms with E-state index >= 15 is 0 Å². The molecule has 11 heavy (non-hydrogen) atoms. The standard InChI is InChI=1S/C9H16N2/c1-3-8(2)11-5-4-9(6-10)7-11/h4-5,7-8H,3,6,10H2,1-2H3/t8-/m0/s1. The second-order valence-corrected chi connectivity index (χ2v) is 2.93. The van der Waals surface area contributed by atoms with Crippen LogP contribution in [0.4, 0.5) is 0 Å². The minimum atomic E-state index is 0.593. The Kier molecular flexibility index (Phi) is 2.71. The topological polar surface area (TPSA) is 30.9 Å². The Hall–Kier alpha value is -0.760. The summed E-state index contributed by atoms with van der Waals surface area (Å²) in [5.41, 5.74) is 6.70. The Morgan fingerprint density at radius 1 is 1.64 bits per heavy atom. The molecule has 0 saturated heterocycles. The molecule has 62 valence electrons. The van der Waals surface area contributed by atoms with Crippen LogP contribution in [0.3, 0.4) is 0 Å². The van der Waals surface area contributed by atoms with Crippen molar-refractivity contribution >= 4 is 0 Å². The monoisotopic (exact) mass is 152 g/mol. The molecule has 0 aliphatic heterocycles. The Morgan fingerprint density at radius 2 is 2.36 bits per heavy atom. The van der Waals surface area contributed by atoms with Gasteiger partial charge in [-0.3, -0.25) is 0 Å². The summed E-state index contributed by atoms with van der Waals surface area (Å²) in [5.74, 6) is 0. The van der Waals surface area contributed by atoms with E-state index in [0.29, 0.717) is 12.6 Å². The van der Waals surface area contributed by atoms with E-state index in [-0.39, 0.29) is 0 Å². The number of nitrogens with two attached hydrogens (primary N) is 1. The van der Waals surface area contributed by atoms with Crippen molar-refractivity contribution in [2.75, 3.05) is 0 Å². The van der Waals surface area contributed by atoms with Gasteiger partial charge in [-0.1, -0.05) is 6.92 Å². The second-order valence-electron chi connectivity index (χ2n) is 2.93. The predicted octanol–water partition coefficient (Wildman–Crippen LogP) is 1.92. The van der Waals surface area contributed by atoms with Crippen LogP contribution in [0.25, 0.3) is 0 Å². The van der Waals surface area contributed by atoms with E-state index in [2.05, 4.69) is 36.9 Å². The van der Waals surface area contributed by atoms with Crippen LogP contribution in [-0.4, -0.2) is 4.57 Å². The van der Waals surface area contributed by atoms with E-state index in [1.807, 2.05) is 0 Å². The smallest absolute Gasteiger partial charge is 0.0299 e. The average Bonchev–Trinajstić information content (AvgIpc) is 2.50. The van der Waals surface area contributed by atoms with E-state index in [9.17, 15) is 0 Å². The van der Waals surface area contributed by atoms with Crippen LogP contribution in [0.2, 0.25) is 0 Å². The molecule has 1 atom stereocenters. The summed E-state index contributed by atoms with van der Waals surface area (Å²) in [6, 6.07) is 2.67. The maximum Gasteiger partial charge on any atom is 0.0299 e. The largest absolute Gasteiger partial charge is 0.351 e.